The van der Waals surface area contributed by atoms with Gasteiger partial charge in [-0.25, -0.2) is 0 Å². The molecule has 17 heavy (non-hydrogen) atoms. The monoisotopic (exact) mass is 236 g/mol. The molecule has 1 rings (SSSR count). The predicted molar refractivity (Wildman–Crippen MR) is 71.5 cm³/mol. The Hall–Kier alpha value is -1.02. The van der Waals surface area contributed by atoms with Gasteiger partial charge < -0.3 is 9.84 Å². The van der Waals surface area contributed by atoms with Crippen molar-refractivity contribution in [2.75, 3.05) is 13.2 Å². The Morgan fingerprint density at radius 1 is 1.24 bits per heavy atom. The number of hydrogen-bond donors (Lipinski definition) is 1. The Bertz CT molecular complexity index is 327. The van der Waals surface area contributed by atoms with Crippen molar-refractivity contribution < 1.29 is 9.84 Å². The van der Waals surface area contributed by atoms with E-state index in [-0.39, 0.29) is 17.9 Å². The van der Waals surface area contributed by atoms with E-state index in [1.54, 1.807) is 0 Å². The lowest BCUT2D eigenvalue weighted by molar-refractivity contribution is 0.174. The first kappa shape index (κ1) is 14.0. The minimum Gasteiger partial charge on any atom is -0.493 e. The van der Waals surface area contributed by atoms with Gasteiger partial charge in [-0.15, -0.1) is 0 Å². The predicted octanol–water partition coefficient (Wildman–Crippen LogP) is 3.38. The number of hydrogen-bond acceptors (Lipinski definition) is 2. The average molecular weight is 236 g/mol. The van der Waals surface area contributed by atoms with E-state index in [4.69, 9.17) is 9.84 Å². The summed E-state index contributed by atoms with van der Waals surface area (Å²) in [5.41, 5.74) is 1.55. The Kier molecular flexibility index (Phi) is 5.01. The van der Waals surface area contributed by atoms with Crippen molar-refractivity contribution in [3.8, 4) is 5.75 Å². The van der Waals surface area contributed by atoms with E-state index in [9.17, 15) is 0 Å². The van der Waals surface area contributed by atoms with Crippen LogP contribution in [0.2, 0.25) is 0 Å². The summed E-state index contributed by atoms with van der Waals surface area (Å²) in [7, 11) is 0. The summed E-state index contributed by atoms with van der Waals surface area (Å²) in [5.74, 6) is 1.06. The first-order valence-corrected chi connectivity index (χ1v) is 6.33. The maximum atomic E-state index is 8.92. The van der Waals surface area contributed by atoms with Crippen LogP contribution in [0.4, 0.5) is 0 Å². The van der Waals surface area contributed by atoms with Crippen LogP contribution in [0.25, 0.3) is 0 Å². The lowest BCUT2D eigenvalue weighted by atomic mass is 9.82. The van der Waals surface area contributed by atoms with Crippen LogP contribution in [0.15, 0.2) is 24.3 Å². The summed E-state index contributed by atoms with van der Waals surface area (Å²) < 4.78 is 5.60. The number of rotatable bonds is 6. The van der Waals surface area contributed by atoms with E-state index in [0.717, 1.165) is 12.2 Å². The zero-order chi connectivity index (χ0) is 12.9. The SMILES string of the molecule is CCC(C)(C)c1ccc(OCC(C)CO)cc1. The number of benzene rings is 1. The van der Waals surface area contributed by atoms with Crippen molar-refractivity contribution in [1.29, 1.82) is 0 Å². The van der Waals surface area contributed by atoms with E-state index >= 15 is 0 Å². The fraction of sp³-hybridized carbons (Fsp3) is 0.600. The quantitative estimate of drug-likeness (QED) is 0.820. The van der Waals surface area contributed by atoms with Crippen LogP contribution in [-0.4, -0.2) is 18.3 Å². The molecule has 0 aliphatic heterocycles. The normalized spacial score (nSPS) is 13.5. The fourth-order valence-corrected chi connectivity index (χ4v) is 1.50. The molecule has 1 N–H and O–H groups in total. The van der Waals surface area contributed by atoms with Crippen LogP contribution >= 0.6 is 0 Å². The lowest BCUT2D eigenvalue weighted by Crippen LogP contribution is -2.15. The van der Waals surface area contributed by atoms with E-state index in [0.29, 0.717) is 6.61 Å². The molecule has 0 radical (unpaired) electrons. The van der Waals surface area contributed by atoms with Crippen molar-refractivity contribution in [2.45, 2.75) is 39.5 Å². The summed E-state index contributed by atoms with van der Waals surface area (Å²) in [5, 5.41) is 8.92. The molecule has 0 aliphatic carbocycles. The molecule has 96 valence electrons. The zero-order valence-corrected chi connectivity index (χ0v) is 11.4. The van der Waals surface area contributed by atoms with Gasteiger partial charge in [0.2, 0.25) is 0 Å². The molecule has 0 spiro atoms. The molecule has 1 unspecified atom stereocenters. The highest BCUT2D eigenvalue weighted by atomic mass is 16.5. The van der Waals surface area contributed by atoms with Crippen molar-refractivity contribution in [3.63, 3.8) is 0 Å². The molecule has 2 heteroatoms. The van der Waals surface area contributed by atoms with Crippen molar-refractivity contribution in [2.24, 2.45) is 5.92 Å². The second-order valence-electron chi connectivity index (χ2n) is 5.36. The fourth-order valence-electron chi connectivity index (χ4n) is 1.50. The van der Waals surface area contributed by atoms with Gasteiger partial charge in [0, 0.05) is 12.5 Å². The molecule has 1 aromatic rings. The summed E-state index contributed by atoms with van der Waals surface area (Å²) in [6.45, 7) is 9.39. The first-order valence-electron chi connectivity index (χ1n) is 6.33. The van der Waals surface area contributed by atoms with Gasteiger partial charge in [0.15, 0.2) is 0 Å². The Labute approximate surface area is 105 Å². The topological polar surface area (TPSA) is 29.5 Å². The minimum atomic E-state index is 0.168. The summed E-state index contributed by atoms with van der Waals surface area (Å²) in [6, 6.07) is 8.28. The Morgan fingerprint density at radius 2 is 1.82 bits per heavy atom. The van der Waals surface area contributed by atoms with Gasteiger partial charge in [-0.3, -0.25) is 0 Å². The lowest BCUT2D eigenvalue weighted by Gasteiger charge is -2.23. The molecule has 1 atom stereocenters. The molecule has 0 aliphatic rings. The smallest absolute Gasteiger partial charge is 0.119 e. The van der Waals surface area contributed by atoms with Crippen LogP contribution in [0.3, 0.4) is 0 Å². The molecule has 0 aromatic heterocycles. The van der Waals surface area contributed by atoms with Gasteiger partial charge in [-0.05, 0) is 29.5 Å². The highest BCUT2D eigenvalue weighted by Gasteiger charge is 2.17. The van der Waals surface area contributed by atoms with Crippen LogP contribution in [0, 0.1) is 5.92 Å². The summed E-state index contributed by atoms with van der Waals surface area (Å²) >= 11 is 0. The average Bonchev–Trinajstić information content (AvgIpc) is 2.36. The first-order chi connectivity index (χ1) is 7.99. The van der Waals surface area contributed by atoms with E-state index < -0.39 is 0 Å². The molecule has 2 nitrogen and oxygen atoms in total. The van der Waals surface area contributed by atoms with Gasteiger partial charge >= 0.3 is 0 Å². The molecule has 0 amide bonds. The second-order valence-corrected chi connectivity index (χ2v) is 5.36. The highest BCUT2D eigenvalue weighted by Crippen LogP contribution is 2.28. The molecular formula is C15H24O2. The van der Waals surface area contributed by atoms with Crippen LogP contribution in [-0.2, 0) is 5.41 Å². The number of aliphatic hydroxyl groups excluding tert-OH is 1. The Morgan fingerprint density at radius 3 is 2.29 bits per heavy atom. The third kappa shape index (κ3) is 4.04. The van der Waals surface area contributed by atoms with E-state index in [2.05, 4.69) is 32.9 Å². The number of ether oxygens (including phenoxy) is 1. The molecule has 0 fully saturated rings. The van der Waals surface area contributed by atoms with E-state index in [1.807, 2.05) is 19.1 Å². The molecule has 0 saturated carbocycles. The van der Waals surface area contributed by atoms with E-state index in [1.165, 1.54) is 5.56 Å². The van der Waals surface area contributed by atoms with Gasteiger partial charge in [0.1, 0.15) is 5.75 Å². The molecule has 1 aromatic carbocycles. The zero-order valence-electron chi connectivity index (χ0n) is 11.4. The molecule has 0 heterocycles. The van der Waals surface area contributed by atoms with Crippen molar-refractivity contribution in [1.82, 2.24) is 0 Å². The van der Waals surface area contributed by atoms with Gasteiger partial charge in [-0.1, -0.05) is 39.8 Å². The maximum absolute atomic E-state index is 8.92. The molecule has 0 bridgehead atoms. The van der Waals surface area contributed by atoms with Crippen LogP contribution < -0.4 is 4.74 Å². The molecular weight excluding hydrogens is 212 g/mol. The molecule has 0 saturated heterocycles. The van der Waals surface area contributed by atoms with Crippen molar-refractivity contribution >= 4 is 0 Å². The van der Waals surface area contributed by atoms with Crippen LogP contribution in [0.5, 0.6) is 5.75 Å². The largest absolute Gasteiger partial charge is 0.493 e. The minimum absolute atomic E-state index is 0.168. The summed E-state index contributed by atoms with van der Waals surface area (Å²) in [4.78, 5) is 0. The second kappa shape index (κ2) is 6.06. The third-order valence-electron chi connectivity index (χ3n) is 3.37. The maximum Gasteiger partial charge on any atom is 0.119 e. The third-order valence-corrected chi connectivity index (χ3v) is 3.37. The standard InChI is InChI=1S/C15H24O2/c1-5-15(3,4)13-6-8-14(9-7-13)17-11-12(2)10-16/h6-9,12,16H,5,10-11H2,1-4H3. The van der Waals surface area contributed by atoms with Crippen LogP contribution in [0.1, 0.15) is 39.7 Å². The summed E-state index contributed by atoms with van der Waals surface area (Å²) in [6.07, 6.45) is 1.12. The number of aliphatic hydroxyl groups is 1. The highest BCUT2D eigenvalue weighted by molar-refractivity contribution is 5.31. The van der Waals surface area contributed by atoms with Gasteiger partial charge in [0.05, 0.1) is 6.61 Å². The van der Waals surface area contributed by atoms with Crippen molar-refractivity contribution in [3.05, 3.63) is 29.8 Å². The Balaban J connectivity index is 2.62. The van der Waals surface area contributed by atoms with Gasteiger partial charge in [0.25, 0.3) is 0 Å². The van der Waals surface area contributed by atoms with Gasteiger partial charge in [-0.2, -0.15) is 0 Å².